The van der Waals surface area contributed by atoms with Gasteiger partial charge >= 0.3 is 12.1 Å². The van der Waals surface area contributed by atoms with E-state index in [0.29, 0.717) is 17.9 Å². The number of carbonyl (C=O) groups is 3. The van der Waals surface area contributed by atoms with E-state index in [4.69, 9.17) is 35.3 Å². The van der Waals surface area contributed by atoms with Crippen molar-refractivity contribution in [1.29, 1.82) is 0 Å². The fourth-order valence-corrected chi connectivity index (χ4v) is 6.22. The molecule has 2 fully saturated rings. The minimum absolute atomic E-state index is 0.00862. The van der Waals surface area contributed by atoms with Crippen molar-refractivity contribution >= 4 is 47.9 Å². The zero-order valence-electron chi connectivity index (χ0n) is 26.0. The van der Waals surface area contributed by atoms with Crippen molar-refractivity contribution in [3.8, 4) is 5.75 Å². The molecule has 3 aliphatic rings. The Balaban J connectivity index is 1.80. The van der Waals surface area contributed by atoms with Crippen LogP contribution < -0.4 is 15.0 Å². The van der Waals surface area contributed by atoms with Gasteiger partial charge in [-0.15, -0.1) is 0 Å². The number of hydrogen-bond donors (Lipinski definition) is 3. The minimum Gasteiger partial charge on any atom is -0.495 e. The van der Waals surface area contributed by atoms with Gasteiger partial charge in [0.15, 0.2) is 5.72 Å². The van der Waals surface area contributed by atoms with Gasteiger partial charge in [-0.1, -0.05) is 42.3 Å². The first kappa shape index (κ1) is 34.1. The molecule has 0 aromatic heterocycles. The number of halogens is 1. The Hall–Kier alpha value is -2.77. The average molecular weight is 653 g/mol. The minimum atomic E-state index is -1.78. The molecule has 2 N–H and O–H groups in total. The van der Waals surface area contributed by atoms with Gasteiger partial charge in [0.25, 0.3) is 0 Å². The number of anilines is 1. The molecule has 0 radical (unpaired) electrons. The van der Waals surface area contributed by atoms with Gasteiger partial charge in [-0.25, -0.2) is 4.79 Å². The van der Waals surface area contributed by atoms with Crippen LogP contribution in [0.5, 0.6) is 5.75 Å². The molecule has 8 unspecified atom stereocenters. The Kier molecular flexibility index (Phi) is 10.3. The Morgan fingerprint density at radius 3 is 2.64 bits per heavy atom. The second kappa shape index (κ2) is 13.3. The van der Waals surface area contributed by atoms with Crippen LogP contribution in [0.1, 0.15) is 46.1 Å². The third-order valence-corrected chi connectivity index (χ3v) is 9.14. The summed E-state index contributed by atoms with van der Waals surface area (Å²) in [7, 11) is 4.53. The molecule has 8 atom stereocenters. The SMILES string of the molecule is COc1cc2cc(c1Cl)N(C)C(=O)CC(OC(=O)C(C)S)C1(C)OC1C(C)C1CC(O)(NC(=O)O1)C(OC)/C=C/C=C(\C)C2. The predicted molar refractivity (Wildman–Crippen MR) is 167 cm³/mol. The molecule has 4 rings (SSSR count). The molecule has 3 aliphatic heterocycles. The molecule has 13 heteroatoms. The Morgan fingerprint density at radius 1 is 1.30 bits per heavy atom. The summed E-state index contributed by atoms with van der Waals surface area (Å²) in [5.41, 5.74) is -0.663. The van der Waals surface area contributed by atoms with Crippen molar-refractivity contribution < 1.29 is 43.2 Å². The standard InChI is InChI=1S/C31H41ClN2O9S/c1-16-9-8-10-23(40-7)31(38)15-22(41-29(37)33-31)17(2)27-30(4,43-27)24(42-28(36)18(3)44)14-25(35)34(5)20-12-19(11-16)13-21(39-6)26(20)32/h8-10,12-13,17-18,22-24,27,38,44H,11,14-15H2,1-7H3,(H,33,37)/b10-8+,16-9+. The van der Waals surface area contributed by atoms with E-state index < -0.39 is 59.0 Å². The Bertz CT molecular complexity index is 1350. The highest BCUT2D eigenvalue weighted by Crippen LogP contribution is 2.49. The maximum Gasteiger partial charge on any atom is 0.409 e. The molecule has 0 saturated carbocycles. The normalized spacial score (nSPS) is 35.3. The van der Waals surface area contributed by atoms with Gasteiger partial charge in [0.05, 0.1) is 30.6 Å². The molecule has 11 nitrogen and oxygen atoms in total. The van der Waals surface area contributed by atoms with E-state index in [1.54, 1.807) is 39.1 Å². The number of aliphatic hydroxyl groups is 1. The van der Waals surface area contributed by atoms with E-state index in [-0.39, 0.29) is 23.8 Å². The number of methoxy groups -OCH3 is 2. The van der Waals surface area contributed by atoms with Crippen LogP contribution in [0, 0.1) is 5.92 Å². The summed E-state index contributed by atoms with van der Waals surface area (Å²) in [5, 5.41) is 13.6. The summed E-state index contributed by atoms with van der Waals surface area (Å²) in [6.07, 6.45) is 1.47. The topological polar surface area (TPSA) is 136 Å². The van der Waals surface area contributed by atoms with E-state index in [1.807, 2.05) is 26.0 Å². The van der Waals surface area contributed by atoms with Crippen LogP contribution in [0.2, 0.25) is 5.02 Å². The number of epoxide rings is 1. The number of nitrogens with one attached hydrogen (secondary N) is 1. The number of nitrogens with zero attached hydrogens (tertiary/aromatic N) is 1. The molecule has 242 valence electrons. The highest BCUT2D eigenvalue weighted by atomic mass is 35.5. The first-order valence-electron chi connectivity index (χ1n) is 14.4. The number of allylic oxidation sites excluding steroid dienone is 3. The number of esters is 1. The van der Waals surface area contributed by atoms with E-state index in [2.05, 4.69) is 17.9 Å². The third-order valence-electron chi connectivity index (χ3n) is 8.55. The summed E-state index contributed by atoms with van der Waals surface area (Å²) >= 11 is 10.9. The highest BCUT2D eigenvalue weighted by Gasteiger charge is 2.64. The summed E-state index contributed by atoms with van der Waals surface area (Å²) < 4.78 is 28.7. The maximum absolute atomic E-state index is 13.8. The summed E-state index contributed by atoms with van der Waals surface area (Å²) in [5.74, 6) is -1.05. The molecule has 4 bridgehead atoms. The van der Waals surface area contributed by atoms with Crippen molar-refractivity contribution in [3.05, 3.63) is 46.5 Å². The molecule has 44 heavy (non-hydrogen) atoms. The van der Waals surface area contributed by atoms with Gasteiger partial charge in [0.2, 0.25) is 5.91 Å². The third kappa shape index (κ3) is 7.04. The largest absolute Gasteiger partial charge is 0.495 e. The van der Waals surface area contributed by atoms with Crippen LogP contribution >= 0.6 is 24.2 Å². The van der Waals surface area contributed by atoms with Crippen molar-refractivity contribution in [1.82, 2.24) is 5.32 Å². The monoisotopic (exact) mass is 652 g/mol. The Morgan fingerprint density at radius 2 is 2.00 bits per heavy atom. The summed E-state index contributed by atoms with van der Waals surface area (Å²) in [6.45, 7) is 7.06. The van der Waals surface area contributed by atoms with E-state index in [0.717, 1.165) is 11.1 Å². The predicted octanol–water partition coefficient (Wildman–Crippen LogP) is 3.99. The molecule has 1 aromatic rings. The van der Waals surface area contributed by atoms with Crippen LogP contribution in [0.25, 0.3) is 0 Å². The zero-order valence-corrected chi connectivity index (χ0v) is 27.6. The zero-order chi connectivity index (χ0) is 32.6. The number of rotatable bonds is 4. The quantitative estimate of drug-likeness (QED) is 0.251. The number of carbonyl (C=O) groups excluding carboxylic acids is 3. The fraction of sp³-hybridized carbons (Fsp3) is 0.581. The van der Waals surface area contributed by atoms with Gasteiger partial charge < -0.3 is 33.7 Å². The molecular formula is C31H41ClN2O9S. The van der Waals surface area contributed by atoms with Crippen molar-refractivity contribution in [2.75, 3.05) is 26.2 Å². The Labute approximate surface area is 268 Å². The van der Waals surface area contributed by atoms with Crippen molar-refractivity contribution in [2.45, 2.75) is 87.9 Å². The second-order valence-corrected chi connectivity index (χ2v) is 13.1. The van der Waals surface area contributed by atoms with Gasteiger partial charge in [0.1, 0.15) is 34.7 Å². The lowest BCUT2D eigenvalue weighted by Crippen LogP contribution is -2.63. The van der Waals surface area contributed by atoms with E-state index >= 15 is 0 Å². The summed E-state index contributed by atoms with van der Waals surface area (Å²) in [4.78, 5) is 40.6. The number of hydrogen-bond acceptors (Lipinski definition) is 10. The molecule has 2 amide bonds. The number of thiol groups is 1. The van der Waals surface area contributed by atoms with Gasteiger partial charge in [-0.3, -0.25) is 14.9 Å². The van der Waals surface area contributed by atoms with Crippen LogP contribution in [-0.2, 0) is 35.0 Å². The molecule has 2 saturated heterocycles. The lowest BCUT2D eigenvalue weighted by Gasteiger charge is -2.42. The number of fused-ring (bicyclic) bond motifs is 5. The number of ether oxygens (including phenoxy) is 5. The van der Waals surface area contributed by atoms with Gasteiger partial charge in [-0.2, -0.15) is 12.6 Å². The van der Waals surface area contributed by atoms with E-state index in [9.17, 15) is 19.5 Å². The maximum atomic E-state index is 13.8. The van der Waals surface area contributed by atoms with Crippen molar-refractivity contribution in [3.63, 3.8) is 0 Å². The first-order chi connectivity index (χ1) is 20.6. The van der Waals surface area contributed by atoms with Crippen LogP contribution in [0.4, 0.5) is 10.5 Å². The number of benzene rings is 1. The molecule has 3 heterocycles. The lowest BCUT2D eigenvalue weighted by atomic mass is 9.83. The summed E-state index contributed by atoms with van der Waals surface area (Å²) in [6, 6.07) is 3.61. The van der Waals surface area contributed by atoms with E-state index in [1.165, 1.54) is 19.1 Å². The average Bonchev–Trinajstić information content (AvgIpc) is 3.66. The fourth-order valence-electron chi connectivity index (χ4n) is 5.84. The molecule has 1 aromatic carbocycles. The molecule has 0 spiro atoms. The van der Waals surface area contributed by atoms with Crippen LogP contribution in [0.15, 0.2) is 35.9 Å². The van der Waals surface area contributed by atoms with Gasteiger partial charge in [-0.05, 0) is 44.9 Å². The molecule has 0 aliphatic carbocycles. The lowest BCUT2D eigenvalue weighted by molar-refractivity contribution is -0.152. The smallest absolute Gasteiger partial charge is 0.409 e. The first-order valence-corrected chi connectivity index (χ1v) is 15.3. The molecular weight excluding hydrogens is 612 g/mol. The number of amides is 2. The van der Waals surface area contributed by atoms with Crippen molar-refractivity contribution in [2.24, 2.45) is 5.92 Å². The van der Waals surface area contributed by atoms with Crippen LogP contribution in [-0.4, -0.2) is 85.3 Å². The van der Waals surface area contributed by atoms with Gasteiger partial charge in [0, 0.05) is 26.5 Å². The number of alkyl carbamates (subject to hydrolysis) is 1. The highest BCUT2D eigenvalue weighted by molar-refractivity contribution is 7.81. The second-order valence-electron chi connectivity index (χ2n) is 11.9. The van der Waals surface area contributed by atoms with Crippen LogP contribution in [0.3, 0.4) is 0 Å².